The lowest BCUT2D eigenvalue weighted by atomic mass is 10.0. The fourth-order valence-electron chi connectivity index (χ4n) is 3.76. The molecule has 1 fully saturated rings. The molecule has 0 radical (unpaired) electrons. The molecule has 0 spiro atoms. The van der Waals surface area contributed by atoms with E-state index in [1.165, 1.54) is 22.4 Å². The molecular weight excluding hydrogens is 376 g/mol. The Labute approximate surface area is 175 Å². The molecule has 3 aromatic carbocycles. The van der Waals surface area contributed by atoms with Gasteiger partial charge in [0.15, 0.2) is 0 Å². The number of fused-ring (bicyclic) bond motifs is 1. The molecule has 3 aromatic rings. The second kappa shape index (κ2) is 9.33. The first kappa shape index (κ1) is 19.8. The fraction of sp³-hybridized carbons (Fsp3) is 0.208. The predicted octanol–water partition coefficient (Wildman–Crippen LogP) is 4.56. The van der Waals surface area contributed by atoms with Gasteiger partial charge in [0, 0.05) is 45.0 Å². The van der Waals surface area contributed by atoms with Crippen molar-refractivity contribution in [3.63, 3.8) is 0 Å². The number of nitro groups is 1. The Morgan fingerprint density at radius 1 is 0.933 bits per heavy atom. The highest BCUT2D eigenvalue weighted by molar-refractivity contribution is 5.85. The van der Waals surface area contributed by atoms with Crippen LogP contribution in [-0.4, -0.2) is 47.2 Å². The summed E-state index contributed by atoms with van der Waals surface area (Å²) < 4.78 is 0. The van der Waals surface area contributed by atoms with Crippen molar-refractivity contribution in [2.75, 3.05) is 26.2 Å². The van der Waals surface area contributed by atoms with Gasteiger partial charge in [-0.1, -0.05) is 54.6 Å². The van der Waals surface area contributed by atoms with Crippen molar-refractivity contribution in [3.8, 4) is 0 Å². The molecule has 4 rings (SSSR count). The number of rotatable bonds is 6. The molecule has 1 aliphatic rings. The summed E-state index contributed by atoms with van der Waals surface area (Å²) in [7, 11) is 0. The first-order valence-corrected chi connectivity index (χ1v) is 10.1. The summed E-state index contributed by atoms with van der Waals surface area (Å²) in [6.07, 6.45) is 5.18. The van der Waals surface area contributed by atoms with Crippen LogP contribution < -0.4 is 0 Å². The van der Waals surface area contributed by atoms with Gasteiger partial charge >= 0.3 is 0 Å². The minimum atomic E-state index is -0.369. The van der Waals surface area contributed by atoms with Crippen molar-refractivity contribution in [2.24, 2.45) is 5.10 Å². The Morgan fingerprint density at radius 2 is 1.67 bits per heavy atom. The van der Waals surface area contributed by atoms with Crippen LogP contribution in [0.1, 0.15) is 11.1 Å². The minimum Gasteiger partial charge on any atom is -0.295 e. The first-order valence-electron chi connectivity index (χ1n) is 10.1. The SMILES string of the molecule is O=[N+]([O-])c1ccccc1/C=C/C=N/N1CCN(Cc2cccc3ccccc23)CC1. The molecule has 0 saturated carbocycles. The number of para-hydroxylation sites is 1. The quantitative estimate of drug-likeness (QED) is 0.346. The molecule has 152 valence electrons. The van der Waals surface area contributed by atoms with E-state index in [4.69, 9.17) is 0 Å². The van der Waals surface area contributed by atoms with Gasteiger partial charge in [0.05, 0.1) is 10.5 Å². The second-order valence-corrected chi connectivity index (χ2v) is 7.31. The average molecular weight is 400 g/mol. The van der Waals surface area contributed by atoms with E-state index in [1.54, 1.807) is 36.6 Å². The van der Waals surface area contributed by atoms with E-state index in [9.17, 15) is 10.1 Å². The van der Waals surface area contributed by atoms with Crippen molar-refractivity contribution < 1.29 is 4.92 Å². The number of hydrazone groups is 1. The summed E-state index contributed by atoms with van der Waals surface area (Å²) in [6.45, 7) is 4.57. The maximum absolute atomic E-state index is 11.1. The van der Waals surface area contributed by atoms with Gasteiger partial charge in [-0.15, -0.1) is 0 Å². The third-order valence-electron chi connectivity index (χ3n) is 5.35. The summed E-state index contributed by atoms with van der Waals surface area (Å²) in [4.78, 5) is 13.1. The van der Waals surface area contributed by atoms with E-state index in [0.717, 1.165) is 32.7 Å². The Balaban J connectivity index is 1.31. The van der Waals surface area contributed by atoms with Crippen LogP contribution in [0.5, 0.6) is 0 Å². The zero-order valence-electron chi connectivity index (χ0n) is 16.7. The molecule has 0 amide bonds. The summed E-state index contributed by atoms with van der Waals surface area (Å²) in [6, 6.07) is 21.7. The molecule has 6 nitrogen and oxygen atoms in total. The van der Waals surface area contributed by atoms with E-state index in [0.29, 0.717) is 5.56 Å². The van der Waals surface area contributed by atoms with Gasteiger partial charge in [-0.3, -0.25) is 20.0 Å². The number of nitrogens with zero attached hydrogens (tertiary/aromatic N) is 4. The minimum absolute atomic E-state index is 0.101. The molecule has 0 atom stereocenters. The molecule has 1 heterocycles. The normalized spacial score (nSPS) is 15.4. The highest BCUT2D eigenvalue weighted by Gasteiger charge is 2.16. The first-order chi connectivity index (χ1) is 14.7. The number of allylic oxidation sites excluding steroid dienone is 1. The maximum Gasteiger partial charge on any atom is 0.276 e. The molecule has 30 heavy (non-hydrogen) atoms. The molecule has 1 saturated heterocycles. The zero-order valence-corrected chi connectivity index (χ0v) is 16.7. The van der Waals surface area contributed by atoms with Crippen LogP contribution >= 0.6 is 0 Å². The smallest absolute Gasteiger partial charge is 0.276 e. The fourth-order valence-corrected chi connectivity index (χ4v) is 3.76. The molecule has 0 unspecified atom stereocenters. The van der Waals surface area contributed by atoms with Crippen LogP contribution in [0, 0.1) is 10.1 Å². The van der Waals surface area contributed by atoms with Crippen LogP contribution in [0.3, 0.4) is 0 Å². The van der Waals surface area contributed by atoms with Crippen LogP contribution in [0.2, 0.25) is 0 Å². The summed E-state index contributed by atoms with van der Waals surface area (Å²) in [5.74, 6) is 0. The largest absolute Gasteiger partial charge is 0.295 e. The summed E-state index contributed by atoms with van der Waals surface area (Å²) in [5, 5.41) is 20.2. The van der Waals surface area contributed by atoms with Crippen LogP contribution in [0.25, 0.3) is 16.8 Å². The van der Waals surface area contributed by atoms with Crippen molar-refractivity contribution >= 4 is 28.8 Å². The van der Waals surface area contributed by atoms with Gasteiger partial charge in [-0.25, -0.2) is 0 Å². The molecule has 0 N–H and O–H groups in total. The molecule has 6 heteroatoms. The Hall–Kier alpha value is -3.51. The van der Waals surface area contributed by atoms with Crippen molar-refractivity contribution in [3.05, 3.63) is 94.0 Å². The number of hydrogen-bond acceptors (Lipinski definition) is 5. The Kier molecular flexibility index (Phi) is 6.15. The van der Waals surface area contributed by atoms with Gasteiger partial charge in [-0.2, -0.15) is 5.10 Å². The lowest BCUT2D eigenvalue weighted by Gasteiger charge is -2.33. The van der Waals surface area contributed by atoms with Crippen LogP contribution in [-0.2, 0) is 6.54 Å². The number of nitro benzene ring substituents is 1. The molecular formula is C24H24N4O2. The third-order valence-corrected chi connectivity index (χ3v) is 5.35. The van der Waals surface area contributed by atoms with Crippen LogP contribution in [0.15, 0.2) is 77.9 Å². The molecule has 0 aromatic heterocycles. The number of hydrogen-bond donors (Lipinski definition) is 0. The average Bonchev–Trinajstić information content (AvgIpc) is 2.78. The summed E-state index contributed by atoms with van der Waals surface area (Å²) >= 11 is 0. The zero-order chi connectivity index (χ0) is 20.8. The summed E-state index contributed by atoms with van der Waals surface area (Å²) in [5.41, 5.74) is 2.04. The molecule has 1 aliphatic heterocycles. The van der Waals surface area contributed by atoms with Crippen molar-refractivity contribution in [2.45, 2.75) is 6.54 Å². The lowest BCUT2D eigenvalue weighted by Crippen LogP contribution is -2.43. The van der Waals surface area contributed by atoms with Gasteiger partial charge < -0.3 is 0 Å². The molecule has 0 aliphatic carbocycles. The van der Waals surface area contributed by atoms with E-state index in [-0.39, 0.29) is 10.6 Å². The second-order valence-electron chi connectivity index (χ2n) is 7.31. The Bertz CT molecular complexity index is 1080. The van der Waals surface area contributed by atoms with Gasteiger partial charge in [-0.05, 0) is 34.6 Å². The monoisotopic (exact) mass is 400 g/mol. The van der Waals surface area contributed by atoms with E-state index in [1.807, 2.05) is 5.01 Å². The number of piperazine rings is 1. The van der Waals surface area contributed by atoms with E-state index in [2.05, 4.69) is 52.5 Å². The standard InChI is InChI=1S/C24H24N4O2/c29-28(30)24-13-4-2-8-21(24)11-6-14-25-27-17-15-26(16-18-27)19-22-10-5-9-20-7-1-3-12-23(20)22/h1-14H,15-19H2/b11-6+,25-14+. The van der Waals surface area contributed by atoms with Crippen molar-refractivity contribution in [1.82, 2.24) is 9.91 Å². The third kappa shape index (κ3) is 4.72. The van der Waals surface area contributed by atoms with Gasteiger partial charge in [0.1, 0.15) is 0 Å². The molecule has 0 bridgehead atoms. The highest BCUT2D eigenvalue weighted by Crippen LogP contribution is 2.21. The van der Waals surface area contributed by atoms with E-state index >= 15 is 0 Å². The van der Waals surface area contributed by atoms with Gasteiger partial charge in [0.25, 0.3) is 5.69 Å². The van der Waals surface area contributed by atoms with E-state index < -0.39 is 0 Å². The Morgan fingerprint density at radius 3 is 2.50 bits per heavy atom. The number of benzene rings is 3. The highest BCUT2D eigenvalue weighted by atomic mass is 16.6. The predicted molar refractivity (Wildman–Crippen MR) is 121 cm³/mol. The van der Waals surface area contributed by atoms with Gasteiger partial charge in [0.2, 0.25) is 0 Å². The van der Waals surface area contributed by atoms with Crippen LogP contribution in [0.4, 0.5) is 5.69 Å². The van der Waals surface area contributed by atoms with Crippen molar-refractivity contribution in [1.29, 1.82) is 0 Å². The topological polar surface area (TPSA) is 62.0 Å². The maximum atomic E-state index is 11.1. The lowest BCUT2D eigenvalue weighted by molar-refractivity contribution is -0.385.